The van der Waals surface area contributed by atoms with E-state index in [1.807, 2.05) is 0 Å². The van der Waals surface area contributed by atoms with E-state index in [0.717, 1.165) is 17.0 Å². The van der Waals surface area contributed by atoms with Crippen LogP contribution >= 0.6 is 0 Å². The molecule has 0 aliphatic heterocycles. The summed E-state index contributed by atoms with van der Waals surface area (Å²) < 4.78 is 53.5. The van der Waals surface area contributed by atoms with Crippen molar-refractivity contribution >= 4 is 11.6 Å². The zero-order valence-electron chi connectivity index (χ0n) is 14.2. The van der Waals surface area contributed by atoms with Crippen molar-refractivity contribution < 1.29 is 20.7 Å². The number of halogens is 3. The number of nitriles is 1. The molecule has 1 amide bonds. The smallest absolute Gasteiger partial charge is 0.373 e. The first-order valence-corrected chi connectivity index (χ1v) is 6.40. The van der Waals surface area contributed by atoms with Crippen molar-refractivity contribution in [3.05, 3.63) is 29.3 Å². The van der Waals surface area contributed by atoms with Gasteiger partial charge in [0.2, 0.25) is 5.91 Å². The second kappa shape index (κ2) is 6.69. The molecule has 1 N–H and O–H groups in total. The first kappa shape index (κ1) is 14.7. The van der Waals surface area contributed by atoms with Crippen molar-refractivity contribution in [2.45, 2.75) is 26.1 Å². The molecule has 1 atom stereocenters. The van der Waals surface area contributed by atoms with E-state index in [1.165, 1.54) is 12.1 Å². The zero-order chi connectivity index (χ0) is 18.5. The Balaban J connectivity index is 3.17. The third-order valence-corrected chi connectivity index (χ3v) is 3.01. The molecule has 0 aliphatic rings. The lowest BCUT2D eigenvalue weighted by Crippen LogP contribution is -2.42. The maximum atomic E-state index is 13.0. The summed E-state index contributed by atoms with van der Waals surface area (Å²) >= 11 is 0. The Hall–Kier alpha value is -2.23. The van der Waals surface area contributed by atoms with Gasteiger partial charge in [0.1, 0.15) is 6.04 Å². The predicted octanol–water partition coefficient (Wildman–Crippen LogP) is 3.10. The highest BCUT2D eigenvalue weighted by atomic mass is 19.4. The Morgan fingerprint density at radius 1 is 1.41 bits per heavy atom. The molecule has 0 radical (unpaired) electrons. The van der Waals surface area contributed by atoms with Gasteiger partial charge in [-0.05, 0) is 24.1 Å². The maximum absolute atomic E-state index is 13.0. The lowest BCUT2D eigenvalue weighted by molar-refractivity contribution is -0.137. The third kappa shape index (κ3) is 4.13. The van der Waals surface area contributed by atoms with Crippen molar-refractivity contribution in [1.82, 2.24) is 4.90 Å². The second-order valence-corrected chi connectivity index (χ2v) is 5.11. The van der Waals surface area contributed by atoms with Crippen LogP contribution in [-0.4, -0.2) is 30.9 Å². The summed E-state index contributed by atoms with van der Waals surface area (Å²) in [5.41, 5.74) is -1.54. The molecule has 1 rings (SSSR count). The Morgan fingerprint density at radius 2 is 2.05 bits per heavy atom. The standard InChI is InChI=1S/C15H18F3N3O/c1-9(2)13(14(22)21(3)4)20-11-6-5-10(8-19)12(7-11)15(16,17)18/h5-7,9,13,20H,1-4H3/t13-/m0/s1/i3D,4D. The predicted molar refractivity (Wildman–Crippen MR) is 77.1 cm³/mol. The quantitative estimate of drug-likeness (QED) is 0.929. The molecule has 4 nitrogen and oxygen atoms in total. The molecule has 1 aromatic carbocycles. The van der Waals surface area contributed by atoms with E-state index in [0.29, 0.717) is 0 Å². The van der Waals surface area contributed by atoms with E-state index in [1.54, 1.807) is 13.8 Å². The topological polar surface area (TPSA) is 56.1 Å². The minimum Gasteiger partial charge on any atom is -0.373 e. The normalized spacial score (nSPS) is 13.9. The first-order chi connectivity index (χ1) is 11.1. The van der Waals surface area contributed by atoms with Gasteiger partial charge in [-0.15, -0.1) is 0 Å². The van der Waals surface area contributed by atoms with Crippen LogP contribution in [0, 0.1) is 17.2 Å². The summed E-state index contributed by atoms with van der Waals surface area (Å²) in [5.74, 6) is -0.809. The number of amides is 1. The van der Waals surface area contributed by atoms with Crippen molar-refractivity contribution in [3.63, 3.8) is 0 Å². The van der Waals surface area contributed by atoms with E-state index < -0.39 is 43.3 Å². The van der Waals surface area contributed by atoms with Crippen LogP contribution in [0.2, 0.25) is 0 Å². The van der Waals surface area contributed by atoms with Crippen LogP contribution in [0.5, 0.6) is 0 Å². The minimum absolute atomic E-state index is 0.0447. The van der Waals surface area contributed by atoms with Gasteiger partial charge in [0.05, 0.1) is 17.2 Å². The van der Waals surface area contributed by atoms with Gasteiger partial charge < -0.3 is 10.2 Å². The largest absolute Gasteiger partial charge is 0.417 e. The minimum atomic E-state index is -4.69. The van der Waals surface area contributed by atoms with Gasteiger partial charge in [0, 0.05) is 22.5 Å². The number of likely N-dealkylation sites (N-methyl/N-ethyl adjacent to an activating group) is 1. The Bertz CT molecular complexity index is 625. The fourth-order valence-electron chi connectivity index (χ4n) is 1.86. The molecular weight excluding hydrogens is 295 g/mol. The van der Waals surface area contributed by atoms with Gasteiger partial charge in [-0.1, -0.05) is 13.8 Å². The third-order valence-electron chi connectivity index (χ3n) is 3.01. The number of anilines is 1. The number of carbonyl (C=O) groups is 1. The molecule has 0 heterocycles. The molecule has 120 valence electrons. The number of hydrogen-bond acceptors (Lipinski definition) is 3. The number of nitrogens with one attached hydrogen (secondary N) is 1. The molecule has 0 unspecified atom stereocenters. The van der Waals surface area contributed by atoms with Gasteiger partial charge in [0.15, 0.2) is 0 Å². The molecule has 7 heteroatoms. The molecule has 22 heavy (non-hydrogen) atoms. The van der Waals surface area contributed by atoms with E-state index in [2.05, 4.69) is 5.32 Å². The molecule has 0 fully saturated rings. The van der Waals surface area contributed by atoms with Crippen LogP contribution in [0.25, 0.3) is 0 Å². The van der Waals surface area contributed by atoms with E-state index in [4.69, 9.17) is 8.00 Å². The van der Waals surface area contributed by atoms with Gasteiger partial charge >= 0.3 is 6.18 Å². The number of rotatable bonds is 4. The fourth-order valence-corrected chi connectivity index (χ4v) is 1.86. The lowest BCUT2D eigenvalue weighted by Gasteiger charge is -2.26. The van der Waals surface area contributed by atoms with Crippen LogP contribution in [0.1, 0.15) is 27.7 Å². The highest BCUT2D eigenvalue weighted by molar-refractivity contribution is 5.84. The Morgan fingerprint density at radius 3 is 2.50 bits per heavy atom. The molecular formula is C15H18F3N3O. The number of alkyl halides is 3. The van der Waals surface area contributed by atoms with E-state index >= 15 is 0 Å². The summed E-state index contributed by atoms with van der Waals surface area (Å²) in [6.07, 6.45) is -4.69. The van der Waals surface area contributed by atoms with Crippen molar-refractivity contribution in [3.8, 4) is 6.07 Å². The monoisotopic (exact) mass is 315 g/mol. The molecule has 1 aromatic rings. The Labute approximate surface area is 130 Å². The van der Waals surface area contributed by atoms with Crippen molar-refractivity contribution in [2.75, 3.05) is 19.4 Å². The molecule has 0 bridgehead atoms. The summed E-state index contributed by atoms with van der Waals surface area (Å²) in [6, 6.07) is 3.73. The van der Waals surface area contributed by atoms with Gasteiger partial charge in [-0.25, -0.2) is 0 Å². The van der Waals surface area contributed by atoms with Crippen LogP contribution < -0.4 is 5.32 Å². The first-order valence-electron chi connectivity index (χ1n) is 7.82. The number of nitrogens with zero attached hydrogens (tertiary/aromatic N) is 2. The van der Waals surface area contributed by atoms with E-state index in [-0.39, 0.29) is 11.6 Å². The lowest BCUT2D eigenvalue weighted by atomic mass is 10.0. The summed E-state index contributed by atoms with van der Waals surface area (Å²) in [4.78, 5) is 13.3. The second-order valence-electron chi connectivity index (χ2n) is 5.11. The van der Waals surface area contributed by atoms with Crippen LogP contribution in [0.4, 0.5) is 18.9 Å². The molecule has 0 aliphatic carbocycles. The Kier molecular flexibility index (Phi) is 4.47. The SMILES string of the molecule is [2H]CN(C[2H])C(=O)[C@@H](Nc1ccc(C#N)c(C(F)(F)F)c1)C(C)C. The maximum Gasteiger partial charge on any atom is 0.417 e. The molecule has 0 spiro atoms. The van der Waals surface area contributed by atoms with Crippen LogP contribution in [0.3, 0.4) is 0 Å². The van der Waals surface area contributed by atoms with Crippen molar-refractivity contribution in [2.24, 2.45) is 5.92 Å². The summed E-state index contributed by atoms with van der Waals surface area (Å²) in [6.45, 7) is 3.41. The van der Waals surface area contributed by atoms with Crippen LogP contribution in [0.15, 0.2) is 18.2 Å². The van der Waals surface area contributed by atoms with Crippen molar-refractivity contribution in [1.29, 1.82) is 5.26 Å². The average Bonchev–Trinajstić information content (AvgIpc) is 2.52. The van der Waals surface area contributed by atoms with E-state index in [9.17, 15) is 18.0 Å². The highest BCUT2D eigenvalue weighted by Crippen LogP contribution is 2.33. The number of benzene rings is 1. The zero-order valence-corrected chi connectivity index (χ0v) is 12.2. The highest BCUT2D eigenvalue weighted by Gasteiger charge is 2.34. The van der Waals surface area contributed by atoms with Crippen LogP contribution in [-0.2, 0) is 11.0 Å². The molecule has 0 aromatic heterocycles. The summed E-state index contributed by atoms with van der Waals surface area (Å²) in [7, 11) is -0.817. The molecule has 0 saturated carbocycles. The van der Waals surface area contributed by atoms with Gasteiger partial charge in [0.25, 0.3) is 0 Å². The number of hydrogen-bond donors (Lipinski definition) is 1. The average molecular weight is 315 g/mol. The number of carbonyl (C=O) groups excluding carboxylic acids is 1. The van der Waals surface area contributed by atoms with Gasteiger partial charge in [-0.3, -0.25) is 4.79 Å². The fraction of sp³-hybridized carbons (Fsp3) is 0.467. The summed E-state index contributed by atoms with van der Waals surface area (Å²) in [5, 5.41) is 11.5. The molecule has 0 saturated heterocycles. The van der Waals surface area contributed by atoms with Gasteiger partial charge in [-0.2, -0.15) is 18.4 Å².